The standard InChI is InChI=1S/C11H20O/c1-10(2,3)11(6-7-11)9-5-4-8-12-9/h9H,4-8H2,1-3H3. The third-order valence-electron chi connectivity index (χ3n) is 3.83. The molecule has 1 nitrogen and oxygen atoms in total. The van der Waals surface area contributed by atoms with Gasteiger partial charge in [0.1, 0.15) is 0 Å². The van der Waals surface area contributed by atoms with E-state index in [2.05, 4.69) is 20.8 Å². The minimum atomic E-state index is 0.446. The van der Waals surface area contributed by atoms with E-state index < -0.39 is 0 Å². The first kappa shape index (κ1) is 8.55. The van der Waals surface area contributed by atoms with Crippen LogP contribution >= 0.6 is 0 Å². The van der Waals surface area contributed by atoms with Crippen molar-refractivity contribution in [3.63, 3.8) is 0 Å². The zero-order chi connectivity index (χ0) is 8.82. The van der Waals surface area contributed by atoms with Crippen LogP contribution in [0.3, 0.4) is 0 Å². The summed E-state index contributed by atoms with van der Waals surface area (Å²) in [5.74, 6) is 0. The maximum atomic E-state index is 5.81. The van der Waals surface area contributed by atoms with Gasteiger partial charge in [-0.25, -0.2) is 0 Å². The highest BCUT2D eigenvalue weighted by molar-refractivity contribution is 5.07. The van der Waals surface area contributed by atoms with E-state index in [1.54, 1.807) is 0 Å². The SMILES string of the molecule is CC(C)(C)C1(C2CCCO2)CC1. The average molecular weight is 168 g/mol. The molecule has 1 unspecified atom stereocenters. The van der Waals surface area contributed by atoms with Gasteiger partial charge in [-0.2, -0.15) is 0 Å². The van der Waals surface area contributed by atoms with Crippen molar-refractivity contribution in [2.75, 3.05) is 6.61 Å². The molecule has 1 aliphatic carbocycles. The highest BCUT2D eigenvalue weighted by Crippen LogP contribution is 2.63. The van der Waals surface area contributed by atoms with Crippen LogP contribution in [0.25, 0.3) is 0 Å². The van der Waals surface area contributed by atoms with Gasteiger partial charge < -0.3 is 4.74 Å². The van der Waals surface area contributed by atoms with Gasteiger partial charge in [-0.05, 0) is 31.1 Å². The van der Waals surface area contributed by atoms with Gasteiger partial charge in [0.15, 0.2) is 0 Å². The van der Waals surface area contributed by atoms with Gasteiger partial charge in [0.25, 0.3) is 0 Å². The summed E-state index contributed by atoms with van der Waals surface area (Å²) in [7, 11) is 0. The summed E-state index contributed by atoms with van der Waals surface area (Å²) in [5, 5.41) is 0. The molecular weight excluding hydrogens is 148 g/mol. The highest BCUT2D eigenvalue weighted by atomic mass is 16.5. The van der Waals surface area contributed by atoms with Crippen LogP contribution in [0.4, 0.5) is 0 Å². The van der Waals surface area contributed by atoms with Crippen LogP contribution in [-0.2, 0) is 4.74 Å². The Balaban J connectivity index is 2.10. The Bertz CT molecular complexity index is 168. The Morgan fingerprint density at radius 3 is 2.25 bits per heavy atom. The van der Waals surface area contributed by atoms with Gasteiger partial charge in [-0.15, -0.1) is 0 Å². The molecule has 1 heteroatoms. The van der Waals surface area contributed by atoms with E-state index in [-0.39, 0.29) is 0 Å². The van der Waals surface area contributed by atoms with Crippen LogP contribution in [0.15, 0.2) is 0 Å². The number of rotatable bonds is 1. The van der Waals surface area contributed by atoms with Gasteiger partial charge in [-0.3, -0.25) is 0 Å². The molecule has 2 aliphatic rings. The van der Waals surface area contributed by atoms with E-state index in [1.807, 2.05) is 0 Å². The average Bonchev–Trinajstić information content (AvgIpc) is 2.61. The van der Waals surface area contributed by atoms with E-state index in [1.165, 1.54) is 25.7 Å². The van der Waals surface area contributed by atoms with Crippen molar-refractivity contribution in [2.45, 2.75) is 52.6 Å². The van der Waals surface area contributed by atoms with Gasteiger partial charge >= 0.3 is 0 Å². The molecule has 2 rings (SSSR count). The van der Waals surface area contributed by atoms with Crippen LogP contribution in [-0.4, -0.2) is 12.7 Å². The summed E-state index contributed by atoms with van der Waals surface area (Å²) in [5.41, 5.74) is 0.992. The van der Waals surface area contributed by atoms with Gasteiger partial charge in [0, 0.05) is 12.0 Å². The molecule has 0 amide bonds. The molecule has 1 saturated heterocycles. The quantitative estimate of drug-likeness (QED) is 0.585. The van der Waals surface area contributed by atoms with E-state index in [0.717, 1.165) is 6.61 Å². The van der Waals surface area contributed by atoms with E-state index >= 15 is 0 Å². The van der Waals surface area contributed by atoms with Crippen LogP contribution in [0.2, 0.25) is 0 Å². The van der Waals surface area contributed by atoms with E-state index in [0.29, 0.717) is 16.9 Å². The summed E-state index contributed by atoms with van der Waals surface area (Å²) in [6, 6.07) is 0. The fourth-order valence-electron chi connectivity index (χ4n) is 2.70. The summed E-state index contributed by atoms with van der Waals surface area (Å²) in [4.78, 5) is 0. The van der Waals surface area contributed by atoms with Crippen LogP contribution in [0, 0.1) is 10.8 Å². The maximum absolute atomic E-state index is 5.81. The summed E-state index contributed by atoms with van der Waals surface area (Å²) < 4.78 is 5.81. The molecule has 0 aromatic carbocycles. The summed E-state index contributed by atoms with van der Waals surface area (Å²) in [6.07, 6.45) is 5.94. The second-order valence-electron chi connectivity index (χ2n) is 5.41. The topological polar surface area (TPSA) is 9.23 Å². The smallest absolute Gasteiger partial charge is 0.0637 e. The molecular formula is C11H20O. The minimum Gasteiger partial charge on any atom is -0.378 e. The van der Waals surface area contributed by atoms with Crippen molar-refractivity contribution in [1.82, 2.24) is 0 Å². The lowest BCUT2D eigenvalue weighted by Crippen LogP contribution is -2.33. The van der Waals surface area contributed by atoms with Crippen molar-refractivity contribution in [2.24, 2.45) is 10.8 Å². The Morgan fingerprint density at radius 1 is 1.25 bits per heavy atom. The third-order valence-corrected chi connectivity index (χ3v) is 3.83. The molecule has 1 heterocycles. The van der Waals surface area contributed by atoms with Crippen LogP contribution in [0.5, 0.6) is 0 Å². The lowest BCUT2D eigenvalue weighted by molar-refractivity contribution is -0.000999. The number of ether oxygens (including phenoxy) is 1. The van der Waals surface area contributed by atoms with Crippen LogP contribution < -0.4 is 0 Å². The molecule has 1 saturated carbocycles. The van der Waals surface area contributed by atoms with Gasteiger partial charge in [0.2, 0.25) is 0 Å². The Morgan fingerprint density at radius 2 is 1.92 bits per heavy atom. The van der Waals surface area contributed by atoms with Gasteiger partial charge in [-0.1, -0.05) is 20.8 Å². The Labute approximate surface area is 75.5 Å². The molecule has 70 valence electrons. The Hall–Kier alpha value is -0.0400. The first-order valence-corrected chi connectivity index (χ1v) is 5.18. The fourth-order valence-corrected chi connectivity index (χ4v) is 2.70. The van der Waals surface area contributed by atoms with Crippen molar-refractivity contribution in [1.29, 1.82) is 0 Å². The predicted molar refractivity (Wildman–Crippen MR) is 50.1 cm³/mol. The number of hydrogen-bond acceptors (Lipinski definition) is 1. The Kier molecular flexibility index (Phi) is 1.76. The first-order valence-electron chi connectivity index (χ1n) is 5.18. The van der Waals surface area contributed by atoms with Gasteiger partial charge in [0.05, 0.1) is 6.10 Å². The second-order valence-corrected chi connectivity index (χ2v) is 5.41. The van der Waals surface area contributed by atoms with Crippen molar-refractivity contribution in [3.8, 4) is 0 Å². The summed E-state index contributed by atoms with van der Waals surface area (Å²) in [6.45, 7) is 8.09. The molecule has 0 spiro atoms. The fraction of sp³-hybridized carbons (Fsp3) is 1.00. The molecule has 1 atom stereocenters. The highest BCUT2D eigenvalue weighted by Gasteiger charge is 2.57. The predicted octanol–water partition coefficient (Wildman–Crippen LogP) is 2.99. The largest absolute Gasteiger partial charge is 0.378 e. The lowest BCUT2D eigenvalue weighted by Gasteiger charge is -2.35. The molecule has 2 fully saturated rings. The molecule has 0 N–H and O–H groups in total. The zero-order valence-corrected chi connectivity index (χ0v) is 8.52. The van der Waals surface area contributed by atoms with E-state index in [9.17, 15) is 0 Å². The molecule has 0 aromatic rings. The maximum Gasteiger partial charge on any atom is 0.0637 e. The van der Waals surface area contributed by atoms with E-state index in [4.69, 9.17) is 4.74 Å². The second kappa shape index (κ2) is 2.47. The zero-order valence-electron chi connectivity index (χ0n) is 8.52. The molecule has 0 aromatic heterocycles. The van der Waals surface area contributed by atoms with Crippen molar-refractivity contribution < 1.29 is 4.74 Å². The first-order chi connectivity index (χ1) is 5.56. The van der Waals surface area contributed by atoms with Crippen LogP contribution in [0.1, 0.15) is 46.5 Å². The molecule has 12 heavy (non-hydrogen) atoms. The molecule has 1 aliphatic heterocycles. The lowest BCUT2D eigenvalue weighted by atomic mass is 9.73. The molecule has 0 radical (unpaired) electrons. The molecule has 0 bridgehead atoms. The third kappa shape index (κ3) is 1.10. The summed E-state index contributed by atoms with van der Waals surface area (Å²) >= 11 is 0. The monoisotopic (exact) mass is 168 g/mol. The normalized spacial score (nSPS) is 33.8. The minimum absolute atomic E-state index is 0.446. The number of hydrogen-bond donors (Lipinski definition) is 0. The van der Waals surface area contributed by atoms with Crippen molar-refractivity contribution >= 4 is 0 Å². The van der Waals surface area contributed by atoms with Crippen molar-refractivity contribution in [3.05, 3.63) is 0 Å².